The van der Waals surface area contributed by atoms with Gasteiger partial charge >= 0.3 is 0 Å². The van der Waals surface area contributed by atoms with Crippen LogP contribution in [0.2, 0.25) is 0 Å². The quantitative estimate of drug-likeness (QED) is 0.796. The number of carbonyl (C=O) groups is 3. The van der Waals surface area contributed by atoms with Crippen molar-refractivity contribution in [2.75, 3.05) is 51.7 Å². The molecule has 2 saturated heterocycles. The van der Waals surface area contributed by atoms with E-state index in [9.17, 15) is 14.4 Å². The molecule has 1 aromatic carbocycles. The highest BCUT2D eigenvalue weighted by molar-refractivity contribution is 5.96. The third-order valence-corrected chi connectivity index (χ3v) is 5.36. The van der Waals surface area contributed by atoms with Gasteiger partial charge in [0.15, 0.2) is 0 Å². The van der Waals surface area contributed by atoms with Gasteiger partial charge in [0.2, 0.25) is 11.8 Å². The lowest BCUT2D eigenvalue weighted by Crippen LogP contribution is -2.61. The number of nitrogens with zero attached hydrogens (tertiary/aromatic N) is 4. The summed E-state index contributed by atoms with van der Waals surface area (Å²) in [4.78, 5) is 44.5. The molecule has 7 heteroatoms. The summed E-state index contributed by atoms with van der Waals surface area (Å²) >= 11 is 0. The molecule has 146 valence electrons. The minimum absolute atomic E-state index is 0.0872. The Labute approximate surface area is 160 Å². The van der Waals surface area contributed by atoms with E-state index in [1.807, 2.05) is 24.3 Å². The first-order valence-electron chi connectivity index (χ1n) is 9.51. The van der Waals surface area contributed by atoms with Gasteiger partial charge in [0, 0.05) is 58.4 Å². The molecule has 3 amide bonds. The zero-order chi connectivity index (χ0) is 19.6. The van der Waals surface area contributed by atoms with Crippen LogP contribution in [-0.2, 0) is 9.59 Å². The fourth-order valence-electron chi connectivity index (χ4n) is 3.85. The van der Waals surface area contributed by atoms with Gasteiger partial charge in [-0.3, -0.25) is 14.4 Å². The number of carbonyl (C=O) groups excluding carboxylic acids is 3. The topological polar surface area (TPSA) is 64.2 Å². The molecule has 7 nitrogen and oxygen atoms in total. The molecule has 0 saturated carbocycles. The predicted octanol–water partition coefficient (Wildman–Crippen LogP) is 1.05. The summed E-state index contributed by atoms with van der Waals surface area (Å²) in [5.74, 6) is -0.386. The Morgan fingerprint density at radius 1 is 1.04 bits per heavy atom. The van der Waals surface area contributed by atoms with Crippen LogP contribution in [0.25, 0.3) is 0 Å². The van der Waals surface area contributed by atoms with Crippen molar-refractivity contribution in [1.82, 2.24) is 14.7 Å². The number of amides is 3. The summed E-state index contributed by atoms with van der Waals surface area (Å²) in [6.45, 7) is 4.54. The van der Waals surface area contributed by atoms with Crippen LogP contribution in [0.1, 0.15) is 30.1 Å². The van der Waals surface area contributed by atoms with Gasteiger partial charge in [0.25, 0.3) is 5.91 Å². The summed E-state index contributed by atoms with van der Waals surface area (Å²) in [6.07, 6.45) is 2.36. The normalized spacial score (nSPS) is 20.0. The monoisotopic (exact) mass is 372 g/mol. The van der Waals surface area contributed by atoms with Gasteiger partial charge in [-0.25, -0.2) is 0 Å². The van der Waals surface area contributed by atoms with Crippen molar-refractivity contribution in [1.29, 1.82) is 0 Å². The average molecular weight is 372 g/mol. The van der Waals surface area contributed by atoms with E-state index >= 15 is 0 Å². The standard InChI is InChI=1S/C20H28N4O3/c1-15(25)24-12-11-23(14-18(24)20(27)21(2)3)19(26)16-7-6-8-17(13-16)22-9-4-5-10-22/h6-8,13,18H,4-5,9-12,14H2,1-3H3. The highest BCUT2D eigenvalue weighted by Gasteiger charge is 2.36. The number of benzene rings is 1. The van der Waals surface area contributed by atoms with Crippen molar-refractivity contribution in [3.63, 3.8) is 0 Å². The molecule has 2 fully saturated rings. The van der Waals surface area contributed by atoms with E-state index in [2.05, 4.69) is 4.90 Å². The second-order valence-electron chi connectivity index (χ2n) is 7.46. The fraction of sp³-hybridized carbons (Fsp3) is 0.550. The van der Waals surface area contributed by atoms with Crippen LogP contribution in [0.3, 0.4) is 0 Å². The van der Waals surface area contributed by atoms with E-state index < -0.39 is 6.04 Å². The van der Waals surface area contributed by atoms with Crippen LogP contribution in [0.4, 0.5) is 5.69 Å². The molecule has 0 spiro atoms. The minimum atomic E-state index is -0.628. The molecule has 1 aromatic rings. The van der Waals surface area contributed by atoms with Crippen LogP contribution >= 0.6 is 0 Å². The largest absolute Gasteiger partial charge is 0.372 e. The smallest absolute Gasteiger partial charge is 0.254 e. The van der Waals surface area contributed by atoms with Crippen LogP contribution in [-0.4, -0.2) is 85.3 Å². The second kappa shape index (κ2) is 7.98. The Bertz CT molecular complexity index is 728. The van der Waals surface area contributed by atoms with Gasteiger partial charge in [0.05, 0.1) is 6.54 Å². The Hall–Kier alpha value is -2.57. The molecule has 0 N–H and O–H groups in total. The third-order valence-electron chi connectivity index (χ3n) is 5.36. The van der Waals surface area contributed by atoms with E-state index in [0.29, 0.717) is 18.7 Å². The summed E-state index contributed by atoms with van der Waals surface area (Å²) in [5.41, 5.74) is 1.70. The SMILES string of the molecule is CC(=O)N1CCN(C(=O)c2cccc(N3CCCC3)c2)CC1C(=O)N(C)C. The molecule has 0 radical (unpaired) electrons. The molecule has 0 aromatic heterocycles. The molecule has 27 heavy (non-hydrogen) atoms. The zero-order valence-corrected chi connectivity index (χ0v) is 16.4. The minimum Gasteiger partial charge on any atom is -0.372 e. The van der Waals surface area contributed by atoms with E-state index in [4.69, 9.17) is 0 Å². The van der Waals surface area contributed by atoms with Crippen molar-refractivity contribution in [2.45, 2.75) is 25.8 Å². The average Bonchev–Trinajstić information content (AvgIpc) is 3.21. The third kappa shape index (κ3) is 4.07. The number of likely N-dealkylation sites (N-methyl/N-ethyl adjacent to an activating group) is 1. The van der Waals surface area contributed by atoms with Gasteiger partial charge < -0.3 is 19.6 Å². The van der Waals surface area contributed by atoms with Gasteiger partial charge in [-0.1, -0.05) is 6.07 Å². The number of anilines is 1. The van der Waals surface area contributed by atoms with Crippen molar-refractivity contribution in [3.05, 3.63) is 29.8 Å². The van der Waals surface area contributed by atoms with Crippen molar-refractivity contribution >= 4 is 23.4 Å². The lowest BCUT2D eigenvalue weighted by Gasteiger charge is -2.41. The number of rotatable bonds is 3. The first-order valence-corrected chi connectivity index (χ1v) is 9.51. The van der Waals surface area contributed by atoms with Gasteiger partial charge in [-0.05, 0) is 31.0 Å². The number of hydrogen-bond donors (Lipinski definition) is 0. The molecule has 2 heterocycles. The lowest BCUT2D eigenvalue weighted by molar-refractivity contribution is -0.146. The maximum atomic E-state index is 13.1. The van der Waals surface area contributed by atoms with Crippen molar-refractivity contribution in [3.8, 4) is 0 Å². The fourth-order valence-corrected chi connectivity index (χ4v) is 3.85. The maximum absolute atomic E-state index is 13.1. The Morgan fingerprint density at radius 3 is 2.37 bits per heavy atom. The van der Waals surface area contributed by atoms with Gasteiger partial charge in [-0.15, -0.1) is 0 Å². The second-order valence-corrected chi connectivity index (χ2v) is 7.46. The van der Waals surface area contributed by atoms with Gasteiger partial charge in [-0.2, -0.15) is 0 Å². The number of piperazine rings is 1. The van der Waals surface area contributed by atoms with Crippen LogP contribution < -0.4 is 4.90 Å². The molecular formula is C20H28N4O3. The number of hydrogen-bond acceptors (Lipinski definition) is 4. The van der Waals surface area contributed by atoms with Crippen LogP contribution in [0, 0.1) is 0 Å². The summed E-state index contributed by atoms with van der Waals surface area (Å²) in [5, 5.41) is 0. The zero-order valence-electron chi connectivity index (χ0n) is 16.4. The lowest BCUT2D eigenvalue weighted by atomic mass is 10.1. The Morgan fingerprint density at radius 2 is 1.74 bits per heavy atom. The first kappa shape index (κ1) is 19.2. The molecule has 3 rings (SSSR count). The molecule has 2 aliphatic heterocycles. The maximum Gasteiger partial charge on any atom is 0.254 e. The van der Waals surface area contributed by atoms with Crippen LogP contribution in [0.5, 0.6) is 0 Å². The van der Waals surface area contributed by atoms with Crippen LogP contribution in [0.15, 0.2) is 24.3 Å². The highest BCUT2D eigenvalue weighted by Crippen LogP contribution is 2.23. The van der Waals surface area contributed by atoms with Crippen molar-refractivity contribution < 1.29 is 14.4 Å². The summed E-state index contributed by atoms with van der Waals surface area (Å²) in [7, 11) is 3.34. The Kier molecular flexibility index (Phi) is 5.68. The molecule has 1 atom stereocenters. The molecule has 0 bridgehead atoms. The predicted molar refractivity (Wildman–Crippen MR) is 104 cm³/mol. The van der Waals surface area contributed by atoms with Crippen molar-refractivity contribution in [2.24, 2.45) is 0 Å². The van der Waals surface area contributed by atoms with E-state index in [0.717, 1.165) is 18.8 Å². The van der Waals surface area contributed by atoms with E-state index in [1.54, 1.807) is 23.9 Å². The summed E-state index contributed by atoms with van der Waals surface area (Å²) in [6, 6.07) is 7.08. The first-order chi connectivity index (χ1) is 12.9. The van der Waals surface area contributed by atoms with E-state index in [1.165, 1.54) is 24.7 Å². The molecule has 2 aliphatic rings. The molecule has 0 aliphatic carbocycles. The van der Waals surface area contributed by atoms with Gasteiger partial charge in [0.1, 0.15) is 6.04 Å². The molecule has 1 unspecified atom stereocenters. The van der Waals surface area contributed by atoms with E-state index in [-0.39, 0.29) is 24.3 Å². The molecular weight excluding hydrogens is 344 g/mol. The summed E-state index contributed by atoms with van der Waals surface area (Å²) < 4.78 is 0. The Balaban J connectivity index is 1.77. The highest BCUT2D eigenvalue weighted by atomic mass is 16.2.